The molecule has 0 unspecified atom stereocenters. The second-order valence-electron chi connectivity index (χ2n) is 2.39. The molecule has 0 aliphatic heterocycles. The van der Waals surface area contributed by atoms with E-state index in [2.05, 4.69) is 0 Å². The minimum Gasteiger partial charge on any atom is -0.342 e. The molecule has 0 amide bonds. The molecule has 2 nitrogen and oxygen atoms in total. The molecule has 0 N–H and O–H groups in total. The van der Waals surface area contributed by atoms with Crippen LogP contribution >= 0.6 is 0 Å². The molecule has 0 saturated heterocycles. The van der Waals surface area contributed by atoms with Gasteiger partial charge < -0.3 is 9.36 Å². The van der Waals surface area contributed by atoms with Crippen molar-refractivity contribution in [3.8, 4) is 0 Å². The lowest BCUT2D eigenvalue weighted by molar-refractivity contribution is -0.108. The Morgan fingerprint density at radius 2 is 1.90 bits per heavy atom. The standard InChI is InChI=1S/C8H11NO/c1-7-3-4-8(2)9(7)5-6-10/h3-4,6H,5H2,1-2H3. The van der Waals surface area contributed by atoms with Crippen molar-refractivity contribution in [2.24, 2.45) is 0 Å². The van der Waals surface area contributed by atoms with Crippen molar-refractivity contribution in [3.63, 3.8) is 0 Å². The van der Waals surface area contributed by atoms with Gasteiger partial charge in [-0.05, 0) is 26.0 Å². The number of hydrogen-bond acceptors (Lipinski definition) is 1. The molecule has 0 aliphatic carbocycles. The Bertz CT molecular complexity index is 218. The maximum Gasteiger partial charge on any atom is 0.139 e. The van der Waals surface area contributed by atoms with Crippen LogP contribution < -0.4 is 0 Å². The first kappa shape index (κ1) is 7.06. The number of hydrogen-bond donors (Lipinski definition) is 0. The monoisotopic (exact) mass is 137 g/mol. The number of rotatable bonds is 2. The summed E-state index contributed by atoms with van der Waals surface area (Å²) in [6, 6.07) is 4.03. The molecular formula is C8H11NO. The Morgan fingerprint density at radius 3 is 2.30 bits per heavy atom. The maximum atomic E-state index is 10.2. The third kappa shape index (κ3) is 1.10. The Hall–Kier alpha value is -1.05. The van der Waals surface area contributed by atoms with Crippen LogP contribution in [0.2, 0.25) is 0 Å². The lowest BCUT2D eigenvalue weighted by atomic mass is 10.5. The molecule has 0 saturated carbocycles. The molecular weight excluding hydrogens is 126 g/mol. The summed E-state index contributed by atoms with van der Waals surface area (Å²) in [5.74, 6) is 0. The van der Waals surface area contributed by atoms with E-state index in [0.29, 0.717) is 6.54 Å². The van der Waals surface area contributed by atoms with Crippen molar-refractivity contribution in [2.75, 3.05) is 0 Å². The van der Waals surface area contributed by atoms with Crippen LogP contribution in [0.5, 0.6) is 0 Å². The Morgan fingerprint density at radius 1 is 1.40 bits per heavy atom. The minimum absolute atomic E-state index is 0.477. The van der Waals surface area contributed by atoms with E-state index < -0.39 is 0 Å². The van der Waals surface area contributed by atoms with Gasteiger partial charge in [0.2, 0.25) is 0 Å². The van der Waals surface area contributed by atoms with Gasteiger partial charge in [0.1, 0.15) is 6.29 Å². The summed E-state index contributed by atoms with van der Waals surface area (Å²) in [4.78, 5) is 10.2. The highest BCUT2D eigenvalue weighted by molar-refractivity contribution is 5.49. The second kappa shape index (κ2) is 2.69. The lowest BCUT2D eigenvalue weighted by Crippen LogP contribution is -2.02. The van der Waals surface area contributed by atoms with Gasteiger partial charge in [-0.25, -0.2) is 0 Å². The molecule has 1 heterocycles. The fourth-order valence-electron chi connectivity index (χ4n) is 1.06. The molecule has 1 aromatic heterocycles. The third-order valence-electron chi connectivity index (χ3n) is 1.67. The summed E-state index contributed by atoms with van der Waals surface area (Å²) in [7, 11) is 0. The quantitative estimate of drug-likeness (QED) is 0.563. The molecule has 0 aromatic carbocycles. The van der Waals surface area contributed by atoms with Crippen LogP contribution in [0.25, 0.3) is 0 Å². The molecule has 0 radical (unpaired) electrons. The molecule has 2 heteroatoms. The van der Waals surface area contributed by atoms with Gasteiger partial charge in [0, 0.05) is 11.4 Å². The van der Waals surface area contributed by atoms with E-state index in [4.69, 9.17) is 0 Å². The van der Waals surface area contributed by atoms with Crippen LogP contribution in [0.1, 0.15) is 11.4 Å². The Kier molecular flexibility index (Phi) is 1.90. The zero-order valence-electron chi connectivity index (χ0n) is 6.29. The summed E-state index contributed by atoms with van der Waals surface area (Å²) in [5, 5.41) is 0. The van der Waals surface area contributed by atoms with Crippen LogP contribution in [0.3, 0.4) is 0 Å². The lowest BCUT2D eigenvalue weighted by Gasteiger charge is -2.02. The van der Waals surface area contributed by atoms with Crippen molar-refractivity contribution < 1.29 is 4.79 Å². The first-order valence-corrected chi connectivity index (χ1v) is 3.32. The summed E-state index contributed by atoms with van der Waals surface area (Å²) >= 11 is 0. The first-order valence-electron chi connectivity index (χ1n) is 3.32. The van der Waals surface area contributed by atoms with Gasteiger partial charge in [-0.2, -0.15) is 0 Å². The van der Waals surface area contributed by atoms with Gasteiger partial charge in [-0.1, -0.05) is 0 Å². The number of aldehydes is 1. The van der Waals surface area contributed by atoms with Gasteiger partial charge in [0.25, 0.3) is 0 Å². The number of nitrogens with zero attached hydrogens (tertiary/aromatic N) is 1. The molecule has 1 aromatic rings. The van der Waals surface area contributed by atoms with Crippen LogP contribution in [0, 0.1) is 13.8 Å². The zero-order chi connectivity index (χ0) is 7.56. The molecule has 0 atom stereocenters. The molecule has 0 fully saturated rings. The van der Waals surface area contributed by atoms with Crippen LogP contribution in [0.4, 0.5) is 0 Å². The summed E-state index contributed by atoms with van der Waals surface area (Å²) < 4.78 is 1.98. The molecule has 0 spiro atoms. The van der Waals surface area contributed by atoms with E-state index in [1.165, 1.54) is 0 Å². The van der Waals surface area contributed by atoms with Crippen LogP contribution in [-0.4, -0.2) is 10.9 Å². The highest BCUT2D eigenvalue weighted by Crippen LogP contribution is 2.04. The number of aromatic nitrogens is 1. The second-order valence-corrected chi connectivity index (χ2v) is 2.39. The highest BCUT2D eigenvalue weighted by atomic mass is 16.1. The smallest absolute Gasteiger partial charge is 0.139 e. The van der Waals surface area contributed by atoms with Crippen LogP contribution in [-0.2, 0) is 11.3 Å². The van der Waals surface area contributed by atoms with Crippen LogP contribution in [0.15, 0.2) is 12.1 Å². The van der Waals surface area contributed by atoms with Gasteiger partial charge in [0.05, 0.1) is 6.54 Å². The Balaban J connectivity index is 2.97. The topological polar surface area (TPSA) is 22.0 Å². The van der Waals surface area contributed by atoms with Crippen molar-refractivity contribution in [3.05, 3.63) is 23.5 Å². The first-order chi connectivity index (χ1) is 4.75. The highest BCUT2D eigenvalue weighted by Gasteiger charge is 1.97. The van der Waals surface area contributed by atoms with E-state index in [1.54, 1.807) is 0 Å². The third-order valence-corrected chi connectivity index (χ3v) is 1.67. The molecule has 0 aliphatic rings. The van der Waals surface area contributed by atoms with Gasteiger partial charge in [-0.15, -0.1) is 0 Å². The fraction of sp³-hybridized carbons (Fsp3) is 0.375. The minimum atomic E-state index is 0.477. The molecule has 0 bridgehead atoms. The summed E-state index contributed by atoms with van der Waals surface area (Å²) in [6.07, 6.45) is 0.917. The van der Waals surface area contributed by atoms with E-state index >= 15 is 0 Å². The van der Waals surface area contributed by atoms with Crippen molar-refractivity contribution in [1.29, 1.82) is 0 Å². The number of aryl methyl sites for hydroxylation is 2. The van der Waals surface area contributed by atoms with Gasteiger partial charge in [-0.3, -0.25) is 0 Å². The maximum absolute atomic E-state index is 10.2. The molecule has 1 rings (SSSR count). The molecule has 10 heavy (non-hydrogen) atoms. The van der Waals surface area contributed by atoms with Gasteiger partial charge >= 0.3 is 0 Å². The molecule has 54 valence electrons. The average Bonchev–Trinajstić information content (AvgIpc) is 2.20. The number of carbonyl (C=O) groups is 1. The van der Waals surface area contributed by atoms with Crippen molar-refractivity contribution >= 4 is 6.29 Å². The Labute approximate surface area is 60.5 Å². The van der Waals surface area contributed by atoms with E-state index in [9.17, 15) is 4.79 Å². The summed E-state index contributed by atoms with van der Waals surface area (Å²) in [6.45, 7) is 4.47. The normalized spacial score (nSPS) is 9.80. The van der Waals surface area contributed by atoms with Gasteiger partial charge in [0.15, 0.2) is 0 Å². The predicted octanol–water partition coefficient (Wildman–Crippen LogP) is 1.30. The van der Waals surface area contributed by atoms with Crippen molar-refractivity contribution in [1.82, 2.24) is 4.57 Å². The van der Waals surface area contributed by atoms with E-state index in [0.717, 1.165) is 17.7 Å². The fourth-order valence-corrected chi connectivity index (χ4v) is 1.06. The SMILES string of the molecule is Cc1ccc(C)n1CC=O. The average molecular weight is 137 g/mol. The predicted molar refractivity (Wildman–Crippen MR) is 40.0 cm³/mol. The number of carbonyl (C=O) groups excluding carboxylic acids is 1. The van der Waals surface area contributed by atoms with Crippen molar-refractivity contribution in [2.45, 2.75) is 20.4 Å². The zero-order valence-corrected chi connectivity index (χ0v) is 6.29. The largest absolute Gasteiger partial charge is 0.342 e. The summed E-state index contributed by atoms with van der Waals surface area (Å²) in [5.41, 5.74) is 2.29. The van der Waals surface area contributed by atoms with E-state index in [1.807, 2.05) is 30.5 Å². The van der Waals surface area contributed by atoms with E-state index in [-0.39, 0.29) is 0 Å².